The van der Waals surface area contributed by atoms with Crippen molar-refractivity contribution in [2.24, 2.45) is 0 Å². The van der Waals surface area contributed by atoms with E-state index < -0.39 is 5.82 Å². The number of piperidine rings is 1. The van der Waals surface area contributed by atoms with Crippen LogP contribution in [0.25, 0.3) is 10.9 Å². The van der Waals surface area contributed by atoms with Crippen molar-refractivity contribution >= 4 is 56.9 Å². The first-order valence-electron chi connectivity index (χ1n) is 15.5. The number of pyridine rings is 1. The quantitative estimate of drug-likeness (QED) is 0.151. The van der Waals surface area contributed by atoms with Crippen molar-refractivity contribution in [3.63, 3.8) is 0 Å². The van der Waals surface area contributed by atoms with Crippen molar-refractivity contribution in [1.82, 2.24) is 24.9 Å². The van der Waals surface area contributed by atoms with Crippen LogP contribution >= 0.6 is 23.2 Å². The minimum absolute atomic E-state index is 0.0355. The summed E-state index contributed by atoms with van der Waals surface area (Å²) in [4.78, 5) is 6.99. The lowest BCUT2D eigenvalue weighted by molar-refractivity contribution is 0.0866. The van der Waals surface area contributed by atoms with Crippen molar-refractivity contribution in [2.45, 2.75) is 51.2 Å². The molecule has 3 heterocycles. The number of nitrogens with zero attached hydrogens (tertiary/aromatic N) is 6. The molecule has 1 aliphatic heterocycles. The van der Waals surface area contributed by atoms with Gasteiger partial charge in [-0.15, -0.1) is 5.10 Å². The fourth-order valence-electron chi connectivity index (χ4n) is 6.05. The summed E-state index contributed by atoms with van der Waals surface area (Å²) in [6.45, 7) is 8.77. The fraction of sp³-hybridized carbons (Fsp3) is 0.314. The first kappa shape index (κ1) is 32.5. The van der Waals surface area contributed by atoms with Crippen LogP contribution < -0.4 is 16.0 Å². The zero-order chi connectivity index (χ0) is 33.3. The zero-order valence-corrected chi connectivity index (χ0v) is 28.2. The molecule has 1 aliphatic rings. The van der Waals surface area contributed by atoms with Gasteiger partial charge in [-0.3, -0.25) is 9.88 Å². The van der Waals surface area contributed by atoms with Crippen molar-refractivity contribution in [1.29, 1.82) is 5.26 Å². The summed E-state index contributed by atoms with van der Waals surface area (Å²) in [7, 11) is 1.88. The lowest BCUT2D eigenvalue weighted by Crippen LogP contribution is -2.46. The third-order valence-corrected chi connectivity index (χ3v) is 9.24. The second kappa shape index (κ2) is 13.4. The largest absolute Gasteiger partial charge is 0.388 e. The molecule has 0 bridgehead atoms. The van der Waals surface area contributed by atoms with Crippen LogP contribution in [-0.2, 0) is 0 Å². The first-order valence-corrected chi connectivity index (χ1v) is 16.2. The molecule has 1 saturated heterocycles. The summed E-state index contributed by atoms with van der Waals surface area (Å²) in [6.07, 6.45) is 5.49. The Hall–Kier alpha value is -4.43. The third-order valence-electron chi connectivity index (χ3n) is 8.66. The molecule has 2 aromatic heterocycles. The summed E-state index contributed by atoms with van der Waals surface area (Å²) in [6, 6.07) is 18.2. The molecule has 6 rings (SSSR count). The minimum atomic E-state index is -0.535. The Morgan fingerprint density at radius 1 is 1.00 bits per heavy atom. The SMILES string of the molecule is CNc1cccc(C(Nc2cc(Cl)c3ncc(C#N)c(Nc4ccc(F)c(Cl)c4)c3c2)c2cn(C3CCN(C(C)(C)C)CC3)nn2)c1. The van der Waals surface area contributed by atoms with Gasteiger partial charge in [0.05, 0.1) is 45.1 Å². The second-order valence-electron chi connectivity index (χ2n) is 12.7. The van der Waals surface area contributed by atoms with Crippen molar-refractivity contribution < 1.29 is 4.39 Å². The molecular weight excluding hydrogens is 636 g/mol. The Morgan fingerprint density at radius 3 is 2.47 bits per heavy atom. The van der Waals surface area contributed by atoms with E-state index in [1.807, 2.05) is 48.3 Å². The second-order valence-corrected chi connectivity index (χ2v) is 13.5. The standard InChI is InChI=1S/C35H36Cl2FN9/c1-35(2,3)46-12-10-26(11-13-46)47-20-31(44-45-47)33(21-6-5-7-23(14-21)40-4)43-25-15-27-32(42-24-8-9-30(38)28(36)16-24)22(18-39)19-41-34(27)29(37)17-25/h5-9,14-17,19-20,26,33,40,43H,10-13H2,1-4H3,(H,41,42). The molecule has 0 amide bonds. The van der Waals surface area contributed by atoms with Crippen LogP contribution in [0.3, 0.4) is 0 Å². The Labute approximate surface area is 283 Å². The number of fused-ring (bicyclic) bond motifs is 1. The molecule has 0 aliphatic carbocycles. The third kappa shape index (κ3) is 6.98. The Bertz CT molecular complexity index is 1960. The monoisotopic (exact) mass is 671 g/mol. The van der Waals surface area contributed by atoms with Gasteiger partial charge in [0.1, 0.15) is 17.6 Å². The minimum Gasteiger partial charge on any atom is -0.388 e. The van der Waals surface area contributed by atoms with Gasteiger partial charge in [-0.05, 0) is 81.6 Å². The smallest absolute Gasteiger partial charge is 0.141 e. The van der Waals surface area contributed by atoms with Crippen molar-refractivity contribution in [3.05, 3.63) is 99.7 Å². The number of rotatable bonds is 8. The molecule has 242 valence electrons. The molecule has 1 fully saturated rings. The first-order chi connectivity index (χ1) is 22.5. The van der Waals surface area contributed by atoms with Crippen LogP contribution in [0.1, 0.15) is 62.5 Å². The van der Waals surface area contributed by atoms with Gasteiger partial charge in [-0.25, -0.2) is 9.07 Å². The Morgan fingerprint density at radius 2 is 1.77 bits per heavy atom. The van der Waals surface area contributed by atoms with E-state index in [-0.39, 0.29) is 22.6 Å². The predicted octanol–water partition coefficient (Wildman–Crippen LogP) is 8.57. The number of anilines is 4. The predicted molar refractivity (Wildman–Crippen MR) is 187 cm³/mol. The molecule has 12 heteroatoms. The Balaban J connectivity index is 1.37. The number of halogens is 3. The van der Waals surface area contributed by atoms with E-state index in [4.69, 9.17) is 23.2 Å². The fourth-order valence-corrected chi connectivity index (χ4v) is 6.50. The number of likely N-dealkylation sites (tertiary alicyclic amines) is 1. The van der Waals surface area contributed by atoms with E-state index in [0.29, 0.717) is 38.6 Å². The van der Waals surface area contributed by atoms with Gasteiger partial charge in [0.15, 0.2) is 0 Å². The lowest BCUT2D eigenvalue weighted by atomic mass is 9.98. The van der Waals surface area contributed by atoms with Crippen molar-refractivity contribution in [3.8, 4) is 6.07 Å². The van der Waals surface area contributed by atoms with E-state index in [9.17, 15) is 9.65 Å². The highest BCUT2D eigenvalue weighted by atomic mass is 35.5. The van der Waals surface area contributed by atoms with E-state index in [1.165, 1.54) is 18.3 Å². The molecule has 47 heavy (non-hydrogen) atoms. The number of hydrogen-bond donors (Lipinski definition) is 3. The average molecular weight is 673 g/mol. The van der Waals surface area contributed by atoms with Gasteiger partial charge in [0.25, 0.3) is 0 Å². The number of nitriles is 1. The number of hydrogen-bond acceptors (Lipinski definition) is 8. The maximum atomic E-state index is 13.9. The highest BCUT2D eigenvalue weighted by molar-refractivity contribution is 6.36. The number of nitrogens with one attached hydrogen (secondary N) is 3. The summed E-state index contributed by atoms with van der Waals surface area (Å²) < 4.78 is 15.9. The van der Waals surface area contributed by atoms with Crippen LogP contribution in [0.2, 0.25) is 10.0 Å². The van der Waals surface area contributed by atoms with Crippen LogP contribution in [0.5, 0.6) is 0 Å². The molecule has 0 spiro atoms. The van der Waals surface area contributed by atoms with Crippen molar-refractivity contribution in [2.75, 3.05) is 36.1 Å². The molecule has 5 aromatic rings. The van der Waals surface area contributed by atoms with Gasteiger partial charge in [-0.2, -0.15) is 5.26 Å². The summed E-state index contributed by atoms with van der Waals surface area (Å²) in [5.74, 6) is -0.535. The van der Waals surface area contributed by atoms with Crippen LogP contribution in [0, 0.1) is 17.1 Å². The lowest BCUT2D eigenvalue weighted by Gasteiger charge is -2.40. The molecule has 1 atom stereocenters. The number of benzene rings is 3. The molecule has 0 saturated carbocycles. The number of aromatic nitrogens is 4. The highest BCUT2D eigenvalue weighted by Crippen LogP contribution is 2.38. The molecule has 9 nitrogen and oxygen atoms in total. The molecule has 0 radical (unpaired) electrons. The molecule has 3 N–H and O–H groups in total. The normalized spacial score (nSPS) is 14.9. The van der Waals surface area contributed by atoms with E-state index >= 15 is 0 Å². The molecule has 1 unspecified atom stereocenters. The molecular formula is C35H36Cl2FN9. The van der Waals surface area contributed by atoms with E-state index in [1.54, 1.807) is 6.07 Å². The van der Waals surface area contributed by atoms with Gasteiger partial charge < -0.3 is 16.0 Å². The average Bonchev–Trinajstić information content (AvgIpc) is 3.55. The van der Waals surface area contributed by atoms with Crippen LogP contribution in [0.4, 0.5) is 27.1 Å². The van der Waals surface area contributed by atoms with E-state index in [0.717, 1.165) is 42.9 Å². The van der Waals surface area contributed by atoms with Gasteiger partial charge >= 0.3 is 0 Å². The van der Waals surface area contributed by atoms with E-state index in [2.05, 4.69) is 69.1 Å². The van der Waals surface area contributed by atoms with Crippen LogP contribution in [0.15, 0.2) is 67.0 Å². The summed E-state index contributed by atoms with van der Waals surface area (Å²) in [5, 5.41) is 30.3. The summed E-state index contributed by atoms with van der Waals surface area (Å²) in [5.41, 5.74) is 5.32. The van der Waals surface area contributed by atoms with Gasteiger partial charge in [-0.1, -0.05) is 40.5 Å². The molecule has 3 aromatic carbocycles. The van der Waals surface area contributed by atoms with Crippen LogP contribution in [-0.4, -0.2) is 50.6 Å². The van der Waals surface area contributed by atoms with Gasteiger partial charge in [0, 0.05) is 54.3 Å². The zero-order valence-electron chi connectivity index (χ0n) is 26.7. The Kier molecular flexibility index (Phi) is 9.24. The summed E-state index contributed by atoms with van der Waals surface area (Å²) >= 11 is 12.9. The maximum absolute atomic E-state index is 13.9. The maximum Gasteiger partial charge on any atom is 0.141 e. The highest BCUT2D eigenvalue weighted by Gasteiger charge is 2.29. The van der Waals surface area contributed by atoms with Gasteiger partial charge in [0.2, 0.25) is 0 Å². The topological polar surface area (TPSA) is 107 Å².